The van der Waals surface area contributed by atoms with Crippen LogP contribution in [0.3, 0.4) is 0 Å². The molecule has 6 nitrogen and oxygen atoms in total. The topological polar surface area (TPSA) is 86.3 Å². The molecule has 1 unspecified atom stereocenters. The quantitative estimate of drug-likeness (QED) is 0.221. The standard InChI is InChI=1S/C32H27N3O3S/c1-18(2)20-13-15-22(16-14-20)35-27(24-17-33-25-12-8-7-11-23(24)25)26(29(37)32(35)38)28(36)30-19(3)34-31(39-30)21-9-5-4-6-10-21/h4-18,27,33,37H,1-3H3. The van der Waals surface area contributed by atoms with Crippen LogP contribution >= 0.6 is 11.3 Å². The van der Waals surface area contributed by atoms with Crippen LogP contribution in [-0.2, 0) is 4.79 Å². The average molecular weight is 534 g/mol. The van der Waals surface area contributed by atoms with E-state index in [1.54, 1.807) is 6.92 Å². The van der Waals surface area contributed by atoms with Gasteiger partial charge in [-0.05, 0) is 36.6 Å². The van der Waals surface area contributed by atoms with E-state index in [-0.39, 0.29) is 5.57 Å². The molecule has 0 spiro atoms. The summed E-state index contributed by atoms with van der Waals surface area (Å²) in [5.74, 6) is -1.20. The van der Waals surface area contributed by atoms with Crippen molar-refractivity contribution in [2.24, 2.45) is 0 Å². The number of ketones is 1. The zero-order valence-electron chi connectivity index (χ0n) is 21.8. The van der Waals surface area contributed by atoms with Crippen LogP contribution in [0.4, 0.5) is 5.69 Å². The van der Waals surface area contributed by atoms with Crippen molar-refractivity contribution < 1.29 is 14.7 Å². The maximum atomic E-state index is 14.2. The number of carbonyl (C=O) groups is 2. The SMILES string of the molecule is Cc1nc(-c2ccccc2)sc1C(=O)C1=C(O)C(=O)N(c2ccc(C(C)C)cc2)C1c1c[nH]c2ccccc12. The molecule has 0 bridgehead atoms. The summed E-state index contributed by atoms with van der Waals surface area (Å²) in [5, 5.41) is 12.9. The van der Waals surface area contributed by atoms with Crippen molar-refractivity contribution in [3.63, 3.8) is 0 Å². The molecule has 0 saturated carbocycles. The van der Waals surface area contributed by atoms with Crippen molar-refractivity contribution in [3.8, 4) is 10.6 Å². The van der Waals surface area contributed by atoms with E-state index < -0.39 is 23.5 Å². The minimum absolute atomic E-state index is 0.0593. The molecule has 1 atom stereocenters. The second-order valence-electron chi connectivity index (χ2n) is 10.0. The summed E-state index contributed by atoms with van der Waals surface area (Å²) in [6, 6.07) is 24.3. The first-order valence-electron chi connectivity index (χ1n) is 12.9. The predicted octanol–water partition coefficient (Wildman–Crippen LogP) is 7.51. The van der Waals surface area contributed by atoms with E-state index in [0.29, 0.717) is 27.2 Å². The number of carbonyl (C=O) groups excluding carboxylic acids is 2. The molecule has 7 heteroatoms. The summed E-state index contributed by atoms with van der Waals surface area (Å²) in [6.07, 6.45) is 1.82. The normalized spacial score (nSPS) is 15.6. The number of benzene rings is 3. The van der Waals surface area contributed by atoms with Crippen molar-refractivity contribution >= 4 is 39.6 Å². The van der Waals surface area contributed by atoms with E-state index >= 15 is 0 Å². The van der Waals surface area contributed by atoms with Crippen molar-refractivity contribution in [2.45, 2.75) is 32.7 Å². The molecule has 3 aromatic carbocycles. The fraction of sp³-hybridized carbons (Fsp3) is 0.156. The molecule has 194 valence electrons. The summed E-state index contributed by atoms with van der Waals surface area (Å²) in [7, 11) is 0. The number of rotatable bonds is 6. The molecule has 0 aliphatic carbocycles. The van der Waals surface area contributed by atoms with Crippen LogP contribution in [0.2, 0.25) is 0 Å². The lowest BCUT2D eigenvalue weighted by Crippen LogP contribution is -2.31. The number of hydrogen-bond donors (Lipinski definition) is 2. The second-order valence-corrected chi connectivity index (χ2v) is 11.0. The minimum Gasteiger partial charge on any atom is -0.503 e. The number of anilines is 1. The number of fused-ring (bicyclic) bond motifs is 1. The van der Waals surface area contributed by atoms with Gasteiger partial charge in [0.05, 0.1) is 22.2 Å². The Labute approximate surface area is 230 Å². The van der Waals surface area contributed by atoms with E-state index in [2.05, 4.69) is 23.8 Å². The molecule has 2 N–H and O–H groups in total. The highest BCUT2D eigenvalue weighted by molar-refractivity contribution is 7.17. The van der Waals surface area contributed by atoms with Crippen LogP contribution in [0.25, 0.3) is 21.5 Å². The predicted molar refractivity (Wildman–Crippen MR) is 155 cm³/mol. The second kappa shape index (κ2) is 9.67. The Kier molecular flexibility index (Phi) is 6.16. The Morgan fingerprint density at radius 2 is 1.69 bits per heavy atom. The third kappa shape index (κ3) is 4.15. The van der Waals surface area contributed by atoms with Gasteiger partial charge in [-0.1, -0.05) is 74.5 Å². The van der Waals surface area contributed by atoms with E-state index in [1.807, 2.05) is 85.1 Å². The summed E-state index contributed by atoms with van der Waals surface area (Å²) in [5.41, 5.74) is 4.90. The van der Waals surface area contributed by atoms with Gasteiger partial charge in [-0.15, -0.1) is 11.3 Å². The summed E-state index contributed by atoms with van der Waals surface area (Å²) < 4.78 is 0. The first-order valence-corrected chi connectivity index (χ1v) is 13.7. The zero-order valence-corrected chi connectivity index (χ0v) is 22.6. The lowest BCUT2D eigenvalue weighted by Gasteiger charge is -2.27. The summed E-state index contributed by atoms with van der Waals surface area (Å²) >= 11 is 1.27. The monoisotopic (exact) mass is 533 g/mol. The first-order chi connectivity index (χ1) is 18.8. The van der Waals surface area contributed by atoms with Gasteiger partial charge in [0.15, 0.2) is 5.76 Å². The number of Topliss-reactive ketones (excluding diaryl/α,β-unsaturated/α-hetero) is 1. The molecule has 0 saturated heterocycles. The van der Waals surface area contributed by atoms with Crippen LogP contribution in [0.5, 0.6) is 0 Å². The smallest absolute Gasteiger partial charge is 0.294 e. The minimum atomic E-state index is -0.812. The molecule has 1 amide bonds. The summed E-state index contributed by atoms with van der Waals surface area (Å²) in [4.78, 5) is 37.7. The first kappa shape index (κ1) is 24.8. The van der Waals surface area contributed by atoms with Gasteiger partial charge in [-0.3, -0.25) is 14.5 Å². The van der Waals surface area contributed by atoms with Gasteiger partial charge in [0.2, 0.25) is 5.78 Å². The van der Waals surface area contributed by atoms with Crippen molar-refractivity contribution in [3.05, 3.63) is 118 Å². The number of aliphatic hydroxyl groups excluding tert-OH is 1. The van der Waals surface area contributed by atoms with Gasteiger partial charge in [-0.25, -0.2) is 4.98 Å². The molecule has 3 heterocycles. The molecule has 0 radical (unpaired) electrons. The Balaban J connectivity index is 1.50. The lowest BCUT2D eigenvalue weighted by molar-refractivity contribution is -0.117. The van der Waals surface area contributed by atoms with Crippen molar-refractivity contribution in [1.29, 1.82) is 0 Å². The van der Waals surface area contributed by atoms with E-state index in [9.17, 15) is 14.7 Å². The largest absolute Gasteiger partial charge is 0.503 e. The zero-order chi connectivity index (χ0) is 27.3. The molecule has 1 aliphatic heterocycles. The number of aryl methyl sites for hydroxylation is 1. The van der Waals surface area contributed by atoms with Crippen LogP contribution in [0, 0.1) is 6.92 Å². The Morgan fingerprint density at radius 3 is 2.41 bits per heavy atom. The third-order valence-electron chi connectivity index (χ3n) is 7.23. The molecule has 0 fully saturated rings. The van der Waals surface area contributed by atoms with E-state index in [1.165, 1.54) is 16.2 Å². The number of amides is 1. The fourth-order valence-corrected chi connectivity index (χ4v) is 6.20. The highest BCUT2D eigenvalue weighted by Crippen LogP contribution is 2.45. The van der Waals surface area contributed by atoms with Crippen molar-refractivity contribution in [1.82, 2.24) is 9.97 Å². The van der Waals surface area contributed by atoms with Gasteiger partial charge < -0.3 is 10.1 Å². The number of H-pyrrole nitrogens is 1. The molecule has 2 aromatic heterocycles. The number of nitrogens with one attached hydrogen (secondary N) is 1. The fourth-order valence-electron chi connectivity index (χ4n) is 5.17. The number of aliphatic hydroxyl groups is 1. The molecule has 1 aliphatic rings. The maximum Gasteiger partial charge on any atom is 0.294 e. The molecular formula is C32H27N3O3S. The van der Waals surface area contributed by atoms with Crippen LogP contribution in [0.1, 0.15) is 52.3 Å². The van der Waals surface area contributed by atoms with E-state index in [4.69, 9.17) is 0 Å². The Morgan fingerprint density at radius 1 is 1.00 bits per heavy atom. The van der Waals surface area contributed by atoms with Crippen molar-refractivity contribution in [2.75, 3.05) is 4.90 Å². The maximum absolute atomic E-state index is 14.2. The number of aromatic nitrogens is 2. The molecule has 5 aromatic rings. The average Bonchev–Trinajstić information content (AvgIpc) is 3.63. The van der Waals surface area contributed by atoms with Gasteiger partial charge >= 0.3 is 0 Å². The van der Waals surface area contributed by atoms with Gasteiger partial charge in [0.25, 0.3) is 5.91 Å². The Bertz CT molecular complexity index is 1750. The van der Waals surface area contributed by atoms with Crippen LogP contribution in [0.15, 0.2) is 96.4 Å². The number of thiazole rings is 1. The highest BCUT2D eigenvalue weighted by atomic mass is 32.1. The summed E-state index contributed by atoms with van der Waals surface area (Å²) in [6.45, 7) is 6.00. The number of hydrogen-bond acceptors (Lipinski definition) is 5. The Hall–Kier alpha value is -4.49. The number of nitrogens with zero attached hydrogens (tertiary/aromatic N) is 2. The number of aromatic amines is 1. The van der Waals surface area contributed by atoms with Gasteiger partial charge in [0, 0.05) is 33.9 Å². The third-order valence-corrected chi connectivity index (χ3v) is 8.44. The van der Waals surface area contributed by atoms with Crippen LogP contribution in [-0.4, -0.2) is 26.8 Å². The van der Waals surface area contributed by atoms with Gasteiger partial charge in [0.1, 0.15) is 5.01 Å². The number of para-hydroxylation sites is 1. The van der Waals surface area contributed by atoms with E-state index in [0.717, 1.165) is 27.6 Å². The molecular weight excluding hydrogens is 506 g/mol. The molecule has 39 heavy (non-hydrogen) atoms. The molecule has 6 rings (SSSR count). The van der Waals surface area contributed by atoms with Gasteiger partial charge in [-0.2, -0.15) is 0 Å². The van der Waals surface area contributed by atoms with Crippen LogP contribution < -0.4 is 4.90 Å². The lowest BCUT2D eigenvalue weighted by atomic mass is 9.94. The highest BCUT2D eigenvalue weighted by Gasteiger charge is 2.46.